The minimum atomic E-state index is -3.63. The summed E-state index contributed by atoms with van der Waals surface area (Å²) in [6.07, 6.45) is 0. The lowest BCUT2D eigenvalue weighted by molar-refractivity contribution is 0.402. The van der Waals surface area contributed by atoms with Gasteiger partial charge < -0.3 is 4.90 Å². The van der Waals surface area contributed by atoms with E-state index in [1.807, 2.05) is 44.4 Å². The lowest BCUT2D eigenvalue weighted by atomic mass is 10.1. The molecule has 120 valence electrons. The lowest BCUT2D eigenvalue weighted by Crippen LogP contribution is -2.23. The number of hydrogen-bond acceptors (Lipinski definition) is 4. The summed E-state index contributed by atoms with van der Waals surface area (Å²) < 4.78 is 27.1. The molecular formula is C17H19N3O2S. The van der Waals surface area contributed by atoms with Crippen LogP contribution < -0.4 is 4.72 Å². The monoisotopic (exact) mass is 329 g/mol. The van der Waals surface area contributed by atoms with E-state index >= 15 is 0 Å². The molecule has 2 aromatic carbocycles. The molecule has 0 aliphatic rings. The number of nitrogens with zero attached hydrogens (tertiary/aromatic N) is 2. The first-order valence-corrected chi connectivity index (χ1v) is 8.61. The minimum Gasteiger partial charge on any atom is -0.305 e. The zero-order valence-corrected chi connectivity index (χ0v) is 14.0. The molecule has 5 nitrogen and oxygen atoms in total. The van der Waals surface area contributed by atoms with Gasteiger partial charge in [-0.15, -0.1) is 0 Å². The zero-order valence-electron chi connectivity index (χ0n) is 13.2. The van der Waals surface area contributed by atoms with E-state index in [4.69, 9.17) is 5.26 Å². The van der Waals surface area contributed by atoms with Gasteiger partial charge in [0.05, 0.1) is 16.5 Å². The van der Waals surface area contributed by atoms with Gasteiger partial charge in [0.2, 0.25) is 10.0 Å². The average Bonchev–Trinajstić information content (AvgIpc) is 2.54. The third-order valence-corrected chi connectivity index (χ3v) is 4.66. The molecule has 0 bridgehead atoms. The Morgan fingerprint density at radius 3 is 2.35 bits per heavy atom. The number of sulfonamides is 1. The van der Waals surface area contributed by atoms with Gasteiger partial charge in [-0.25, -0.2) is 13.1 Å². The first-order chi connectivity index (χ1) is 10.9. The van der Waals surface area contributed by atoms with Gasteiger partial charge >= 0.3 is 0 Å². The van der Waals surface area contributed by atoms with Gasteiger partial charge in [0.15, 0.2) is 0 Å². The zero-order chi connectivity index (χ0) is 16.9. The molecule has 0 fully saturated rings. The van der Waals surface area contributed by atoms with Crippen molar-refractivity contribution >= 4 is 10.0 Å². The fourth-order valence-electron chi connectivity index (χ4n) is 2.12. The van der Waals surface area contributed by atoms with Crippen molar-refractivity contribution in [1.82, 2.24) is 9.62 Å². The van der Waals surface area contributed by atoms with Crippen molar-refractivity contribution in [1.29, 1.82) is 5.26 Å². The predicted octanol–water partition coefficient (Wildman–Crippen LogP) is 2.10. The normalized spacial score (nSPS) is 11.4. The van der Waals surface area contributed by atoms with Gasteiger partial charge in [-0.1, -0.05) is 30.3 Å². The van der Waals surface area contributed by atoms with Crippen LogP contribution in [0.3, 0.4) is 0 Å². The van der Waals surface area contributed by atoms with Crippen LogP contribution in [0, 0.1) is 11.3 Å². The third-order valence-electron chi connectivity index (χ3n) is 3.26. The molecule has 23 heavy (non-hydrogen) atoms. The molecule has 0 aliphatic carbocycles. The van der Waals surface area contributed by atoms with Crippen molar-refractivity contribution in [2.75, 3.05) is 14.1 Å². The molecule has 0 aliphatic heterocycles. The Bertz CT molecular complexity index is 806. The van der Waals surface area contributed by atoms with Crippen LogP contribution in [0.1, 0.15) is 16.7 Å². The highest BCUT2D eigenvalue weighted by Crippen LogP contribution is 2.12. The van der Waals surface area contributed by atoms with Crippen molar-refractivity contribution in [3.05, 3.63) is 65.2 Å². The molecule has 0 saturated carbocycles. The molecule has 0 unspecified atom stereocenters. The van der Waals surface area contributed by atoms with E-state index in [1.54, 1.807) is 12.1 Å². The molecule has 2 aromatic rings. The van der Waals surface area contributed by atoms with Crippen molar-refractivity contribution in [3.63, 3.8) is 0 Å². The number of nitriles is 1. The maximum Gasteiger partial charge on any atom is 0.240 e. The Morgan fingerprint density at radius 2 is 1.74 bits per heavy atom. The van der Waals surface area contributed by atoms with E-state index in [9.17, 15) is 8.42 Å². The fraction of sp³-hybridized carbons (Fsp3) is 0.235. The summed E-state index contributed by atoms with van der Waals surface area (Å²) in [5.74, 6) is 0. The van der Waals surface area contributed by atoms with E-state index in [1.165, 1.54) is 17.7 Å². The second-order valence-electron chi connectivity index (χ2n) is 5.52. The topological polar surface area (TPSA) is 73.2 Å². The van der Waals surface area contributed by atoms with Crippen LogP contribution in [0.25, 0.3) is 0 Å². The van der Waals surface area contributed by atoms with Crippen LogP contribution in [0.2, 0.25) is 0 Å². The molecule has 0 atom stereocenters. The summed E-state index contributed by atoms with van der Waals surface area (Å²) in [5, 5.41) is 8.86. The van der Waals surface area contributed by atoms with Gasteiger partial charge in [-0.3, -0.25) is 0 Å². The average molecular weight is 329 g/mol. The van der Waals surface area contributed by atoms with Crippen molar-refractivity contribution in [2.24, 2.45) is 0 Å². The lowest BCUT2D eigenvalue weighted by Gasteiger charge is -2.11. The van der Waals surface area contributed by atoms with Gasteiger partial charge in [-0.05, 0) is 43.4 Å². The van der Waals surface area contributed by atoms with E-state index in [0.29, 0.717) is 5.56 Å². The van der Waals surface area contributed by atoms with Gasteiger partial charge in [-0.2, -0.15) is 5.26 Å². The largest absolute Gasteiger partial charge is 0.305 e. The van der Waals surface area contributed by atoms with Crippen LogP contribution in [-0.2, 0) is 23.1 Å². The molecule has 0 saturated heterocycles. The Morgan fingerprint density at radius 1 is 1.09 bits per heavy atom. The Kier molecular flexibility index (Phi) is 5.50. The summed E-state index contributed by atoms with van der Waals surface area (Å²) in [6.45, 7) is 1.05. The van der Waals surface area contributed by atoms with Gasteiger partial charge in [0, 0.05) is 13.1 Å². The standard InChI is InChI=1S/C17H19N3O2S/c1-20(2)13-15-8-6-14(7-9-15)12-19-23(21,22)17-5-3-4-16(10-17)11-18/h3-10,19H,12-13H2,1-2H3. The Hall–Kier alpha value is -2.20. The van der Waals surface area contributed by atoms with Crippen LogP contribution >= 0.6 is 0 Å². The summed E-state index contributed by atoms with van der Waals surface area (Å²) in [4.78, 5) is 2.17. The SMILES string of the molecule is CN(C)Cc1ccc(CNS(=O)(=O)c2cccc(C#N)c2)cc1. The fourth-order valence-corrected chi connectivity index (χ4v) is 3.19. The Labute approximate surface area is 137 Å². The summed E-state index contributed by atoms with van der Waals surface area (Å²) in [7, 11) is 0.365. The number of nitrogens with one attached hydrogen (secondary N) is 1. The molecule has 0 spiro atoms. The molecule has 0 heterocycles. The number of hydrogen-bond donors (Lipinski definition) is 1. The Balaban J connectivity index is 2.05. The molecule has 0 radical (unpaired) electrons. The van der Waals surface area contributed by atoms with Crippen LogP contribution in [0.5, 0.6) is 0 Å². The second-order valence-corrected chi connectivity index (χ2v) is 7.29. The molecular weight excluding hydrogens is 310 g/mol. The maximum atomic E-state index is 12.3. The van der Waals surface area contributed by atoms with Gasteiger partial charge in [0.25, 0.3) is 0 Å². The predicted molar refractivity (Wildman–Crippen MR) is 89.0 cm³/mol. The molecule has 0 amide bonds. The van der Waals surface area contributed by atoms with Crippen LogP contribution in [0.15, 0.2) is 53.4 Å². The summed E-state index contributed by atoms with van der Waals surface area (Å²) >= 11 is 0. The number of benzene rings is 2. The van der Waals surface area contributed by atoms with Crippen LogP contribution in [-0.4, -0.2) is 27.4 Å². The van der Waals surface area contributed by atoms with E-state index in [2.05, 4.69) is 9.62 Å². The highest BCUT2D eigenvalue weighted by Gasteiger charge is 2.14. The third kappa shape index (κ3) is 4.89. The smallest absolute Gasteiger partial charge is 0.240 e. The number of rotatable bonds is 6. The summed E-state index contributed by atoms with van der Waals surface area (Å²) in [5.41, 5.74) is 2.37. The van der Waals surface area contributed by atoms with E-state index < -0.39 is 10.0 Å². The first kappa shape index (κ1) is 17.2. The molecule has 1 N–H and O–H groups in total. The second kappa shape index (κ2) is 7.38. The summed E-state index contributed by atoms with van der Waals surface area (Å²) in [6, 6.07) is 15.7. The van der Waals surface area contributed by atoms with Crippen molar-refractivity contribution in [2.45, 2.75) is 18.0 Å². The molecule has 6 heteroatoms. The highest BCUT2D eigenvalue weighted by atomic mass is 32.2. The quantitative estimate of drug-likeness (QED) is 0.881. The molecule has 2 rings (SSSR count). The van der Waals surface area contributed by atoms with Gasteiger partial charge in [0.1, 0.15) is 0 Å². The highest BCUT2D eigenvalue weighted by molar-refractivity contribution is 7.89. The minimum absolute atomic E-state index is 0.0979. The van der Waals surface area contributed by atoms with Crippen molar-refractivity contribution in [3.8, 4) is 6.07 Å². The van der Waals surface area contributed by atoms with E-state index in [-0.39, 0.29) is 11.4 Å². The van der Waals surface area contributed by atoms with E-state index in [0.717, 1.165) is 12.1 Å². The van der Waals surface area contributed by atoms with Crippen LogP contribution in [0.4, 0.5) is 0 Å². The molecule has 0 aromatic heterocycles. The maximum absolute atomic E-state index is 12.3. The van der Waals surface area contributed by atoms with Crippen molar-refractivity contribution < 1.29 is 8.42 Å². The first-order valence-electron chi connectivity index (χ1n) is 7.13.